The number of ether oxygens (including phenoxy) is 1. The molecular weight excluding hydrogens is 260 g/mol. The topological polar surface area (TPSA) is 25.4 Å². The average molecular weight is 282 g/mol. The molecule has 2 heterocycles. The van der Waals surface area contributed by atoms with Gasteiger partial charge in [0.05, 0.1) is 7.11 Å². The van der Waals surface area contributed by atoms with Crippen molar-refractivity contribution in [2.24, 2.45) is 0 Å². The zero-order valence-electron chi connectivity index (χ0n) is 12.7. The highest BCUT2D eigenvalue weighted by Gasteiger charge is 2.26. The second kappa shape index (κ2) is 6.27. The molecule has 1 fully saturated rings. The van der Waals surface area contributed by atoms with E-state index in [2.05, 4.69) is 53.2 Å². The number of methoxy groups -OCH3 is 1. The average Bonchev–Trinajstić information content (AvgIpc) is 2.96. The molecule has 3 heteroatoms. The van der Waals surface area contributed by atoms with Crippen LogP contribution in [0.3, 0.4) is 0 Å². The third kappa shape index (κ3) is 3.24. The molecule has 0 saturated carbocycles. The number of benzene rings is 1. The van der Waals surface area contributed by atoms with E-state index < -0.39 is 0 Å². The number of rotatable bonds is 4. The summed E-state index contributed by atoms with van der Waals surface area (Å²) in [6, 6.07) is 12.9. The van der Waals surface area contributed by atoms with Crippen LogP contribution in [0.15, 0.2) is 42.6 Å². The monoisotopic (exact) mass is 282 g/mol. The van der Waals surface area contributed by atoms with Crippen LogP contribution in [-0.2, 0) is 6.54 Å². The Labute approximate surface area is 126 Å². The van der Waals surface area contributed by atoms with Gasteiger partial charge < -0.3 is 4.74 Å². The quantitative estimate of drug-likeness (QED) is 0.859. The summed E-state index contributed by atoms with van der Waals surface area (Å²) < 4.78 is 5.44. The van der Waals surface area contributed by atoms with Gasteiger partial charge in [0.25, 0.3) is 0 Å². The van der Waals surface area contributed by atoms with E-state index in [4.69, 9.17) is 4.74 Å². The summed E-state index contributed by atoms with van der Waals surface area (Å²) in [6.07, 6.45) is 3.05. The standard InChI is InChI=1S/C18H22N2O/c1-14-10-17(18(21-2)19-11-14)16-8-9-20(13-16)12-15-6-4-3-5-7-15/h3-7,10-11,16H,8-9,12-13H2,1-2H3. The maximum atomic E-state index is 5.44. The molecule has 0 spiro atoms. The number of aromatic nitrogens is 1. The summed E-state index contributed by atoms with van der Waals surface area (Å²) in [5.41, 5.74) is 3.84. The van der Waals surface area contributed by atoms with Crippen LogP contribution in [0.25, 0.3) is 0 Å². The summed E-state index contributed by atoms with van der Waals surface area (Å²) in [5, 5.41) is 0. The zero-order valence-corrected chi connectivity index (χ0v) is 12.7. The normalized spacial score (nSPS) is 18.9. The van der Waals surface area contributed by atoms with Crippen LogP contribution < -0.4 is 4.74 Å². The molecule has 0 N–H and O–H groups in total. The number of hydrogen-bond donors (Lipinski definition) is 0. The summed E-state index contributed by atoms with van der Waals surface area (Å²) in [6.45, 7) is 5.33. The van der Waals surface area contributed by atoms with Crippen molar-refractivity contribution in [3.05, 3.63) is 59.3 Å². The van der Waals surface area contributed by atoms with Crippen LogP contribution in [-0.4, -0.2) is 30.1 Å². The van der Waals surface area contributed by atoms with Gasteiger partial charge in [-0.05, 0) is 37.1 Å². The Morgan fingerprint density at radius 1 is 1.29 bits per heavy atom. The van der Waals surface area contributed by atoms with Crippen LogP contribution in [0.5, 0.6) is 5.88 Å². The lowest BCUT2D eigenvalue weighted by atomic mass is 9.98. The van der Waals surface area contributed by atoms with E-state index >= 15 is 0 Å². The second-order valence-electron chi connectivity index (χ2n) is 5.82. The molecule has 110 valence electrons. The third-order valence-corrected chi connectivity index (χ3v) is 4.17. The van der Waals surface area contributed by atoms with Gasteiger partial charge in [-0.3, -0.25) is 4.90 Å². The Balaban J connectivity index is 1.71. The Morgan fingerprint density at radius 3 is 2.86 bits per heavy atom. The fourth-order valence-electron chi connectivity index (χ4n) is 3.11. The van der Waals surface area contributed by atoms with E-state index in [1.54, 1.807) is 7.11 Å². The maximum absolute atomic E-state index is 5.44. The van der Waals surface area contributed by atoms with E-state index in [0.717, 1.165) is 25.5 Å². The molecule has 1 saturated heterocycles. The second-order valence-corrected chi connectivity index (χ2v) is 5.82. The first-order valence-corrected chi connectivity index (χ1v) is 7.53. The fraction of sp³-hybridized carbons (Fsp3) is 0.389. The minimum absolute atomic E-state index is 0.524. The van der Waals surface area contributed by atoms with Crippen molar-refractivity contribution in [1.82, 2.24) is 9.88 Å². The molecule has 1 unspecified atom stereocenters. The minimum Gasteiger partial charge on any atom is -0.481 e. The highest BCUT2D eigenvalue weighted by Crippen LogP contribution is 2.33. The molecule has 1 aromatic heterocycles. The van der Waals surface area contributed by atoms with E-state index in [1.807, 2.05) is 6.20 Å². The van der Waals surface area contributed by atoms with Crippen LogP contribution in [0.4, 0.5) is 0 Å². The molecular formula is C18H22N2O. The summed E-state index contributed by atoms with van der Waals surface area (Å²) >= 11 is 0. The van der Waals surface area contributed by atoms with Gasteiger partial charge >= 0.3 is 0 Å². The largest absolute Gasteiger partial charge is 0.481 e. The van der Waals surface area contributed by atoms with Crippen LogP contribution >= 0.6 is 0 Å². The molecule has 0 amide bonds. The van der Waals surface area contributed by atoms with Gasteiger partial charge in [-0.25, -0.2) is 4.98 Å². The van der Waals surface area contributed by atoms with Crippen molar-refractivity contribution in [1.29, 1.82) is 0 Å². The van der Waals surface area contributed by atoms with E-state index in [-0.39, 0.29) is 0 Å². The maximum Gasteiger partial charge on any atom is 0.216 e. The Hall–Kier alpha value is -1.87. The predicted molar refractivity (Wildman–Crippen MR) is 84.6 cm³/mol. The number of aryl methyl sites for hydroxylation is 1. The first-order valence-electron chi connectivity index (χ1n) is 7.53. The Kier molecular flexibility index (Phi) is 4.20. The van der Waals surface area contributed by atoms with Crippen molar-refractivity contribution in [2.75, 3.05) is 20.2 Å². The molecule has 0 aliphatic carbocycles. The van der Waals surface area contributed by atoms with Gasteiger partial charge in [0.2, 0.25) is 5.88 Å². The van der Waals surface area contributed by atoms with Gasteiger partial charge in [-0.1, -0.05) is 30.3 Å². The molecule has 3 rings (SSSR count). The summed E-state index contributed by atoms with van der Waals surface area (Å²) in [5.74, 6) is 1.31. The van der Waals surface area contributed by atoms with Crippen molar-refractivity contribution < 1.29 is 4.74 Å². The summed E-state index contributed by atoms with van der Waals surface area (Å²) in [4.78, 5) is 6.93. The number of likely N-dealkylation sites (tertiary alicyclic amines) is 1. The molecule has 0 bridgehead atoms. The van der Waals surface area contributed by atoms with Crippen LogP contribution in [0.2, 0.25) is 0 Å². The van der Waals surface area contributed by atoms with Crippen molar-refractivity contribution in [3.63, 3.8) is 0 Å². The molecule has 1 aliphatic rings. The summed E-state index contributed by atoms with van der Waals surface area (Å²) in [7, 11) is 1.71. The number of pyridine rings is 1. The van der Waals surface area contributed by atoms with Crippen molar-refractivity contribution in [3.8, 4) is 5.88 Å². The molecule has 2 aromatic rings. The fourth-order valence-corrected chi connectivity index (χ4v) is 3.11. The highest BCUT2D eigenvalue weighted by molar-refractivity contribution is 5.34. The van der Waals surface area contributed by atoms with E-state index in [1.165, 1.54) is 23.1 Å². The van der Waals surface area contributed by atoms with E-state index in [0.29, 0.717) is 5.92 Å². The molecule has 1 aromatic carbocycles. The number of nitrogens with zero attached hydrogens (tertiary/aromatic N) is 2. The Bertz CT molecular complexity index is 597. The SMILES string of the molecule is COc1ncc(C)cc1C1CCN(Cc2ccccc2)C1. The smallest absolute Gasteiger partial charge is 0.216 e. The Morgan fingerprint density at radius 2 is 2.10 bits per heavy atom. The number of hydrogen-bond acceptors (Lipinski definition) is 3. The molecule has 0 radical (unpaired) electrons. The van der Waals surface area contributed by atoms with Gasteiger partial charge in [0.1, 0.15) is 0 Å². The lowest BCUT2D eigenvalue weighted by molar-refractivity contribution is 0.325. The first-order chi connectivity index (χ1) is 10.3. The molecule has 1 atom stereocenters. The van der Waals surface area contributed by atoms with Crippen LogP contribution in [0.1, 0.15) is 29.0 Å². The molecule has 1 aliphatic heterocycles. The van der Waals surface area contributed by atoms with Gasteiger partial charge in [0, 0.05) is 30.8 Å². The highest BCUT2D eigenvalue weighted by atomic mass is 16.5. The third-order valence-electron chi connectivity index (χ3n) is 4.17. The first kappa shape index (κ1) is 14.1. The van der Waals surface area contributed by atoms with Crippen molar-refractivity contribution >= 4 is 0 Å². The molecule has 3 nitrogen and oxygen atoms in total. The van der Waals surface area contributed by atoms with Gasteiger partial charge in [-0.15, -0.1) is 0 Å². The molecule has 21 heavy (non-hydrogen) atoms. The predicted octanol–water partition coefficient (Wildman–Crippen LogP) is 3.39. The van der Waals surface area contributed by atoms with Crippen molar-refractivity contribution in [2.45, 2.75) is 25.8 Å². The lowest BCUT2D eigenvalue weighted by Gasteiger charge is -2.17. The minimum atomic E-state index is 0.524. The van der Waals surface area contributed by atoms with Crippen LogP contribution in [0, 0.1) is 6.92 Å². The van der Waals surface area contributed by atoms with Gasteiger partial charge in [-0.2, -0.15) is 0 Å². The lowest BCUT2D eigenvalue weighted by Crippen LogP contribution is -2.19. The zero-order chi connectivity index (χ0) is 14.7. The van der Waals surface area contributed by atoms with E-state index in [9.17, 15) is 0 Å². The van der Waals surface area contributed by atoms with Gasteiger partial charge in [0.15, 0.2) is 0 Å².